The average molecular weight is 550 g/mol. The number of hydrogen-bond acceptors (Lipinski definition) is 6. The minimum absolute atomic E-state index is 0.0519. The lowest BCUT2D eigenvalue weighted by molar-refractivity contribution is -0.0894. The van der Waals surface area contributed by atoms with Gasteiger partial charge in [-0.1, -0.05) is 18.2 Å². The van der Waals surface area contributed by atoms with E-state index in [0.717, 1.165) is 50.0 Å². The molecule has 0 aromatic carbocycles. The zero-order valence-corrected chi connectivity index (χ0v) is 21.7. The van der Waals surface area contributed by atoms with Crippen molar-refractivity contribution in [3.8, 4) is 0 Å². The van der Waals surface area contributed by atoms with Crippen molar-refractivity contribution in [1.29, 1.82) is 0 Å². The Balaban J connectivity index is 1.14. The minimum atomic E-state index is -4.37. The van der Waals surface area contributed by atoms with Crippen LogP contribution in [0.4, 0.5) is 18.0 Å². The molecule has 4 aliphatic heterocycles. The Hall–Kier alpha value is -2.70. The van der Waals surface area contributed by atoms with Crippen LogP contribution in [0.25, 0.3) is 0 Å². The van der Waals surface area contributed by atoms with Crippen LogP contribution in [0.1, 0.15) is 36.2 Å². The van der Waals surface area contributed by atoms with E-state index in [9.17, 15) is 22.8 Å². The molecule has 1 aromatic rings. The standard InChI is InChI=1S/C27H34F3N5O4/c28-27(29,30)21-3-2-18(23(12-21)33-13-19-16-39-17-20(19)14-33)15-34-8-1-5-26(34)6-10-32(11-7-26)25(38)35-9-4-22(31-35)24(36)37/h2-4,9,12,18-20,23H,1,5-8,10-11,13-17H2,(H,36,37). The lowest BCUT2D eigenvalue weighted by Crippen LogP contribution is -2.56. The Morgan fingerprint density at radius 2 is 1.82 bits per heavy atom. The zero-order chi connectivity index (χ0) is 27.4. The predicted octanol–water partition coefficient (Wildman–Crippen LogP) is 3.10. The van der Waals surface area contributed by atoms with E-state index in [1.165, 1.54) is 24.4 Å². The van der Waals surface area contributed by atoms with Crippen LogP contribution in [0, 0.1) is 17.8 Å². The molecular formula is C27H34F3N5O4. The Kier molecular flexibility index (Phi) is 6.83. The number of carboxylic acids is 1. The molecule has 0 radical (unpaired) electrons. The largest absolute Gasteiger partial charge is 0.476 e. The van der Waals surface area contributed by atoms with Gasteiger partial charge < -0.3 is 14.7 Å². The number of carbonyl (C=O) groups is 2. The van der Waals surface area contributed by atoms with E-state index < -0.39 is 17.7 Å². The summed E-state index contributed by atoms with van der Waals surface area (Å²) in [4.78, 5) is 30.4. The number of amides is 1. The van der Waals surface area contributed by atoms with E-state index in [1.54, 1.807) is 11.0 Å². The number of aromatic carboxylic acids is 1. The lowest BCUT2D eigenvalue weighted by Gasteiger charge is -2.47. The summed E-state index contributed by atoms with van der Waals surface area (Å²) >= 11 is 0. The summed E-state index contributed by atoms with van der Waals surface area (Å²) in [7, 11) is 0. The molecule has 0 saturated carbocycles. The van der Waals surface area contributed by atoms with Gasteiger partial charge in [0.15, 0.2) is 5.69 Å². The van der Waals surface area contributed by atoms with E-state index in [0.29, 0.717) is 44.7 Å². The smallest absolute Gasteiger partial charge is 0.416 e. The van der Waals surface area contributed by atoms with E-state index in [1.807, 2.05) is 0 Å². The first kappa shape index (κ1) is 26.5. The number of nitrogens with zero attached hydrogens (tertiary/aromatic N) is 5. The van der Waals surface area contributed by atoms with Gasteiger partial charge in [-0.15, -0.1) is 0 Å². The number of carboxylic acid groups (broad SMARTS) is 1. The van der Waals surface area contributed by atoms with Gasteiger partial charge >= 0.3 is 18.2 Å². The van der Waals surface area contributed by atoms with Crippen LogP contribution in [0.5, 0.6) is 0 Å². The van der Waals surface area contributed by atoms with Crippen molar-refractivity contribution in [1.82, 2.24) is 24.5 Å². The maximum Gasteiger partial charge on any atom is 0.416 e. The fraction of sp³-hybridized carbons (Fsp3) is 0.667. The van der Waals surface area contributed by atoms with Crippen LogP contribution >= 0.6 is 0 Å². The summed E-state index contributed by atoms with van der Waals surface area (Å²) in [5.74, 6) is -0.455. The second-order valence-electron chi connectivity index (χ2n) is 11.6. The normalized spacial score (nSPS) is 31.2. The molecule has 9 nitrogen and oxygen atoms in total. The molecule has 1 N–H and O–H groups in total. The monoisotopic (exact) mass is 549 g/mol. The second-order valence-corrected chi connectivity index (χ2v) is 11.6. The second kappa shape index (κ2) is 10.0. The summed E-state index contributed by atoms with van der Waals surface area (Å²) in [6.45, 7) is 5.52. The highest BCUT2D eigenvalue weighted by Crippen LogP contribution is 2.42. The van der Waals surface area contributed by atoms with Crippen molar-refractivity contribution in [3.05, 3.63) is 41.8 Å². The van der Waals surface area contributed by atoms with Crippen LogP contribution < -0.4 is 0 Å². The van der Waals surface area contributed by atoms with Gasteiger partial charge in [-0.25, -0.2) is 9.59 Å². The number of halogens is 3. The molecule has 1 aliphatic carbocycles. The highest BCUT2D eigenvalue weighted by molar-refractivity contribution is 5.86. The molecule has 5 heterocycles. The van der Waals surface area contributed by atoms with Crippen LogP contribution in [0.15, 0.2) is 36.1 Å². The van der Waals surface area contributed by atoms with Crippen molar-refractivity contribution < 1.29 is 32.6 Å². The molecule has 1 amide bonds. The maximum atomic E-state index is 13.7. The Labute approximate surface area is 224 Å². The minimum Gasteiger partial charge on any atom is -0.476 e. The first-order chi connectivity index (χ1) is 18.6. The first-order valence-electron chi connectivity index (χ1n) is 13.8. The summed E-state index contributed by atoms with van der Waals surface area (Å²) in [6, 6.07) is 0.655. The van der Waals surface area contributed by atoms with Crippen LogP contribution in [0.2, 0.25) is 0 Å². The molecule has 0 bridgehead atoms. The van der Waals surface area contributed by atoms with Crippen molar-refractivity contribution >= 4 is 12.0 Å². The van der Waals surface area contributed by atoms with Gasteiger partial charge in [0.1, 0.15) is 0 Å². The number of ether oxygens (including phenoxy) is 1. The molecule has 12 heteroatoms. The predicted molar refractivity (Wildman–Crippen MR) is 134 cm³/mol. The molecular weight excluding hydrogens is 515 g/mol. The number of carbonyl (C=O) groups excluding carboxylic acids is 1. The van der Waals surface area contributed by atoms with Crippen LogP contribution in [0.3, 0.4) is 0 Å². The highest BCUT2D eigenvalue weighted by Gasteiger charge is 2.47. The highest BCUT2D eigenvalue weighted by atomic mass is 19.4. The van der Waals surface area contributed by atoms with Gasteiger partial charge in [0.25, 0.3) is 0 Å². The van der Waals surface area contributed by atoms with Gasteiger partial charge in [0.05, 0.1) is 18.8 Å². The number of rotatable bonds is 4. The van der Waals surface area contributed by atoms with Crippen molar-refractivity contribution in [2.45, 2.75) is 43.4 Å². The Morgan fingerprint density at radius 3 is 2.46 bits per heavy atom. The third kappa shape index (κ3) is 5.02. The molecule has 4 atom stereocenters. The van der Waals surface area contributed by atoms with Gasteiger partial charge in [-0.05, 0) is 38.3 Å². The summed E-state index contributed by atoms with van der Waals surface area (Å²) in [5, 5.41) is 13.0. The SMILES string of the molecule is O=C(O)c1ccn(C(=O)N2CCC3(CCCN3CC3C=CC(C(F)(F)F)=CC3N3CC4COCC4C3)CC2)n1. The molecule has 5 aliphatic rings. The summed E-state index contributed by atoms with van der Waals surface area (Å²) in [5.41, 5.74) is -0.829. The zero-order valence-electron chi connectivity index (χ0n) is 21.7. The van der Waals surface area contributed by atoms with E-state index in [-0.39, 0.29) is 29.2 Å². The quantitative estimate of drug-likeness (QED) is 0.617. The summed E-state index contributed by atoms with van der Waals surface area (Å²) in [6.07, 6.45) is 5.00. The fourth-order valence-electron chi connectivity index (χ4n) is 7.31. The van der Waals surface area contributed by atoms with Gasteiger partial charge in [0, 0.05) is 68.3 Å². The number of likely N-dealkylation sites (tertiary alicyclic amines) is 3. The summed E-state index contributed by atoms with van der Waals surface area (Å²) < 4.78 is 47.7. The number of piperidine rings is 1. The van der Waals surface area contributed by atoms with Gasteiger partial charge in [-0.2, -0.15) is 23.0 Å². The Bertz CT molecular complexity index is 1160. The van der Waals surface area contributed by atoms with Crippen molar-refractivity contribution in [3.63, 3.8) is 0 Å². The van der Waals surface area contributed by atoms with Crippen LogP contribution in [-0.2, 0) is 4.74 Å². The molecule has 6 rings (SSSR count). The Morgan fingerprint density at radius 1 is 1.10 bits per heavy atom. The number of alkyl halides is 3. The molecule has 1 spiro atoms. The van der Waals surface area contributed by atoms with E-state index >= 15 is 0 Å². The maximum absolute atomic E-state index is 13.7. The lowest BCUT2D eigenvalue weighted by atomic mass is 9.83. The molecule has 4 fully saturated rings. The number of hydrogen-bond donors (Lipinski definition) is 1. The molecule has 1 aromatic heterocycles. The molecule has 4 saturated heterocycles. The van der Waals surface area contributed by atoms with Crippen molar-refractivity contribution in [2.24, 2.45) is 17.8 Å². The van der Waals surface area contributed by atoms with Crippen LogP contribution in [-0.4, -0.2) is 112 Å². The average Bonchev–Trinajstić information content (AvgIpc) is 3.69. The number of aromatic nitrogens is 2. The number of allylic oxidation sites excluding steroid dienone is 2. The van der Waals surface area contributed by atoms with Gasteiger partial charge in [-0.3, -0.25) is 9.80 Å². The fourth-order valence-corrected chi connectivity index (χ4v) is 7.31. The topological polar surface area (TPSA) is 91.1 Å². The molecule has 39 heavy (non-hydrogen) atoms. The third-order valence-corrected chi connectivity index (χ3v) is 9.47. The van der Waals surface area contributed by atoms with Crippen molar-refractivity contribution in [2.75, 3.05) is 52.5 Å². The van der Waals surface area contributed by atoms with E-state index in [2.05, 4.69) is 14.9 Å². The number of fused-ring (bicyclic) bond motifs is 1. The van der Waals surface area contributed by atoms with E-state index in [4.69, 9.17) is 9.84 Å². The first-order valence-corrected chi connectivity index (χ1v) is 13.8. The molecule has 212 valence electrons. The molecule has 4 unspecified atom stereocenters. The van der Waals surface area contributed by atoms with Gasteiger partial charge in [0.2, 0.25) is 0 Å². The third-order valence-electron chi connectivity index (χ3n) is 9.47.